The maximum absolute atomic E-state index is 13.0. The van der Waals surface area contributed by atoms with E-state index in [2.05, 4.69) is 20.2 Å². The lowest BCUT2D eigenvalue weighted by Gasteiger charge is -2.32. The van der Waals surface area contributed by atoms with E-state index in [1.165, 1.54) is 0 Å². The van der Waals surface area contributed by atoms with Gasteiger partial charge >= 0.3 is 0 Å². The van der Waals surface area contributed by atoms with E-state index in [-0.39, 0.29) is 11.8 Å². The van der Waals surface area contributed by atoms with Crippen LogP contribution in [0.1, 0.15) is 34.8 Å². The number of hydrogen-bond acceptors (Lipinski definition) is 5. The van der Waals surface area contributed by atoms with Gasteiger partial charge in [0.05, 0.1) is 18.4 Å². The number of aromatic nitrogens is 4. The molecule has 0 bridgehead atoms. The summed E-state index contributed by atoms with van der Waals surface area (Å²) in [7, 11) is 1.58. The highest BCUT2D eigenvalue weighted by atomic mass is 16.5. The number of nitrogens with zero attached hydrogens (tertiary/aromatic N) is 4. The van der Waals surface area contributed by atoms with E-state index in [9.17, 15) is 4.79 Å². The quantitative estimate of drug-likeness (QED) is 0.793. The molecule has 7 nitrogen and oxygen atoms in total. The number of ether oxygens (including phenoxy) is 1. The zero-order chi connectivity index (χ0) is 17.2. The van der Waals surface area contributed by atoms with Crippen LogP contribution in [0.15, 0.2) is 36.7 Å². The topological polar surface area (TPSA) is 84.0 Å². The van der Waals surface area contributed by atoms with Crippen LogP contribution in [-0.2, 0) is 0 Å². The summed E-state index contributed by atoms with van der Waals surface area (Å²) in [4.78, 5) is 23.4. The average Bonchev–Trinajstić information content (AvgIpc) is 3.11. The number of fused-ring (bicyclic) bond motifs is 1. The van der Waals surface area contributed by atoms with Crippen LogP contribution in [0.4, 0.5) is 0 Å². The minimum Gasteiger partial charge on any atom is -0.496 e. The van der Waals surface area contributed by atoms with Crippen molar-refractivity contribution >= 4 is 17.1 Å². The first-order valence-corrected chi connectivity index (χ1v) is 8.35. The molecule has 1 aliphatic heterocycles. The van der Waals surface area contributed by atoms with Gasteiger partial charge in [0.25, 0.3) is 5.91 Å². The van der Waals surface area contributed by atoms with Gasteiger partial charge in [0.2, 0.25) is 0 Å². The molecule has 25 heavy (non-hydrogen) atoms. The third-order valence-corrected chi connectivity index (χ3v) is 4.67. The van der Waals surface area contributed by atoms with Crippen LogP contribution in [0.3, 0.4) is 0 Å². The average molecular weight is 337 g/mol. The lowest BCUT2D eigenvalue weighted by molar-refractivity contribution is 0.0703. The number of nitrogens with one attached hydrogen (secondary N) is 1. The van der Waals surface area contributed by atoms with Gasteiger partial charge in [-0.3, -0.25) is 9.89 Å². The molecule has 1 fully saturated rings. The molecule has 1 N–H and O–H groups in total. The van der Waals surface area contributed by atoms with Crippen molar-refractivity contribution in [3.63, 3.8) is 0 Å². The second kappa shape index (κ2) is 6.51. The Balaban J connectivity index is 1.60. The molecule has 0 aliphatic carbocycles. The largest absolute Gasteiger partial charge is 0.496 e. The Kier molecular flexibility index (Phi) is 4.05. The highest BCUT2D eigenvalue weighted by Gasteiger charge is 2.29. The molecule has 0 spiro atoms. The second-order valence-corrected chi connectivity index (χ2v) is 6.16. The fourth-order valence-electron chi connectivity index (χ4n) is 3.44. The van der Waals surface area contributed by atoms with Gasteiger partial charge in [-0.15, -0.1) is 0 Å². The minimum atomic E-state index is -0.00273. The van der Waals surface area contributed by atoms with Crippen LogP contribution in [0.2, 0.25) is 0 Å². The summed E-state index contributed by atoms with van der Waals surface area (Å²) in [5.41, 5.74) is 2.96. The molecule has 1 unspecified atom stereocenters. The number of para-hydroxylation sites is 1. The number of amides is 1. The summed E-state index contributed by atoms with van der Waals surface area (Å²) >= 11 is 0. The molecule has 1 aliphatic rings. The summed E-state index contributed by atoms with van der Waals surface area (Å²) < 4.78 is 5.33. The van der Waals surface area contributed by atoms with Gasteiger partial charge in [0, 0.05) is 31.4 Å². The Morgan fingerprint density at radius 1 is 1.28 bits per heavy atom. The summed E-state index contributed by atoms with van der Waals surface area (Å²) in [6, 6.07) is 7.34. The smallest absolute Gasteiger partial charge is 0.257 e. The Bertz CT molecular complexity index is 907. The van der Waals surface area contributed by atoms with Gasteiger partial charge in [-0.25, -0.2) is 9.97 Å². The monoisotopic (exact) mass is 337 g/mol. The van der Waals surface area contributed by atoms with Crippen molar-refractivity contribution in [1.82, 2.24) is 25.1 Å². The van der Waals surface area contributed by atoms with Crippen LogP contribution in [0.5, 0.6) is 5.75 Å². The Morgan fingerprint density at radius 2 is 2.12 bits per heavy atom. The minimum absolute atomic E-state index is 0.00273. The molecule has 4 rings (SSSR count). The van der Waals surface area contributed by atoms with Crippen molar-refractivity contribution in [1.29, 1.82) is 0 Å². The van der Waals surface area contributed by atoms with Crippen LogP contribution >= 0.6 is 0 Å². The van der Waals surface area contributed by atoms with E-state index >= 15 is 0 Å². The van der Waals surface area contributed by atoms with Crippen LogP contribution in [-0.4, -0.2) is 51.2 Å². The molecule has 1 aromatic carbocycles. The van der Waals surface area contributed by atoms with Gasteiger partial charge in [-0.1, -0.05) is 12.1 Å². The normalized spacial score (nSPS) is 17.6. The fraction of sp³-hybridized carbons (Fsp3) is 0.333. The first-order chi connectivity index (χ1) is 12.3. The van der Waals surface area contributed by atoms with Crippen molar-refractivity contribution in [3.8, 4) is 5.75 Å². The molecule has 7 heteroatoms. The number of aromatic amines is 1. The number of hydrogen-bond donors (Lipinski definition) is 1. The van der Waals surface area contributed by atoms with Gasteiger partial charge in [0.1, 0.15) is 11.3 Å². The predicted octanol–water partition coefficient (Wildman–Crippen LogP) is 2.38. The molecule has 3 heterocycles. The molecule has 2 aromatic heterocycles. The predicted molar refractivity (Wildman–Crippen MR) is 92.6 cm³/mol. The maximum atomic E-state index is 13.0. The first kappa shape index (κ1) is 15.6. The Labute approximate surface area is 145 Å². The lowest BCUT2D eigenvalue weighted by Crippen LogP contribution is -2.39. The van der Waals surface area contributed by atoms with E-state index < -0.39 is 0 Å². The number of piperidine rings is 1. The maximum Gasteiger partial charge on any atom is 0.257 e. The van der Waals surface area contributed by atoms with Crippen molar-refractivity contribution in [2.45, 2.75) is 18.8 Å². The molecule has 1 amide bonds. The number of likely N-dealkylation sites (tertiary alicyclic amines) is 1. The van der Waals surface area contributed by atoms with Gasteiger partial charge in [-0.05, 0) is 25.0 Å². The zero-order valence-electron chi connectivity index (χ0n) is 14.0. The number of methoxy groups -OCH3 is 1. The van der Waals surface area contributed by atoms with Crippen molar-refractivity contribution in [2.75, 3.05) is 20.2 Å². The summed E-state index contributed by atoms with van der Waals surface area (Å²) in [6.07, 6.45) is 5.23. The van der Waals surface area contributed by atoms with E-state index in [1.54, 1.807) is 19.5 Å². The number of carbonyl (C=O) groups is 1. The number of benzene rings is 1. The molecular weight excluding hydrogens is 318 g/mol. The SMILES string of the molecule is COc1ccccc1C(=O)N1CCCC(c2[nH]nc3nccnc23)C1. The Hall–Kier alpha value is -2.96. The number of rotatable bonds is 3. The third-order valence-electron chi connectivity index (χ3n) is 4.67. The van der Waals surface area contributed by atoms with Crippen LogP contribution in [0.25, 0.3) is 11.2 Å². The summed E-state index contributed by atoms with van der Waals surface area (Å²) in [5, 5.41) is 7.29. The zero-order valence-corrected chi connectivity index (χ0v) is 14.0. The second-order valence-electron chi connectivity index (χ2n) is 6.16. The standard InChI is InChI=1S/C18H19N5O2/c1-25-14-7-3-2-6-13(14)18(24)23-10-4-5-12(11-23)15-16-17(22-21-15)20-9-8-19-16/h2-3,6-9,12H,4-5,10-11H2,1H3,(H,20,21,22). The van der Waals surface area contributed by atoms with Gasteiger partial charge in [-0.2, -0.15) is 5.10 Å². The van der Waals surface area contributed by atoms with Gasteiger partial charge < -0.3 is 9.64 Å². The fourth-order valence-corrected chi connectivity index (χ4v) is 3.44. The van der Waals surface area contributed by atoms with Crippen LogP contribution in [0, 0.1) is 0 Å². The molecule has 1 saturated heterocycles. The molecule has 3 aromatic rings. The molecule has 0 saturated carbocycles. The van der Waals surface area contributed by atoms with E-state index in [0.717, 1.165) is 30.6 Å². The van der Waals surface area contributed by atoms with Crippen molar-refractivity contribution in [2.24, 2.45) is 0 Å². The summed E-state index contributed by atoms with van der Waals surface area (Å²) in [5.74, 6) is 0.777. The van der Waals surface area contributed by atoms with E-state index in [4.69, 9.17) is 4.74 Å². The lowest BCUT2D eigenvalue weighted by atomic mass is 9.93. The molecule has 1 atom stereocenters. The highest BCUT2D eigenvalue weighted by molar-refractivity contribution is 5.97. The number of carbonyl (C=O) groups excluding carboxylic acids is 1. The first-order valence-electron chi connectivity index (χ1n) is 8.35. The van der Waals surface area contributed by atoms with Crippen molar-refractivity contribution in [3.05, 3.63) is 47.9 Å². The van der Waals surface area contributed by atoms with E-state index in [1.807, 2.05) is 29.2 Å². The highest BCUT2D eigenvalue weighted by Crippen LogP contribution is 2.30. The van der Waals surface area contributed by atoms with E-state index in [0.29, 0.717) is 23.5 Å². The Morgan fingerprint density at radius 3 is 3.00 bits per heavy atom. The molecule has 0 radical (unpaired) electrons. The summed E-state index contributed by atoms with van der Waals surface area (Å²) in [6.45, 7) is 1.37. The number of H-pyrrole nitrogens is 1. The van der Waals surface area contributed by atoms with Crippen LogP contribution < -0.4 is 4.74 Å². The third kappa shape index (κ3) is 2.82. The van der Waals surface area contributed by atoms with Gasteiger partial charge in [0.15, 0.2) is 5.65 Å². The molecule has 128 valence electrons. The van der Waals surface area contributed by atoms with Crippen molar-refractivity contribution < 1.29 is 9.53 Å². The molecular formula is C18H19N5O2.